The first-order valence-electron chi connectivity index (χ1n) is 8.85. The Morgan fingerprint density at radius 3 is 2.41 bits per heavy atom. The van der Waals surface area contributed by atoms with Gasteiger partial charge in [-0.1, -0.05) is 34.1 Å². The molecule has 0 spiro atoms. The Morgan fingerprint density at radius 1 is 0.938 bits per heavy atom. The van der Waals surface area contributed by atoms with E-state index in [-0.39, 0.29) is 32.2 Å². The fourth-order valence-corrected chi connectivity index (χ4v) is 5.29. The number of pyridine rings is 1. The summed E-state index contributed by atoms with van der Waals surface area (Å²) in [6.07, 6.45) is 2.54. The Hall–Kier alpha value is -3.22. The molecule has 0 amide bonds. The first-order chi connectivity index (χ1) is 15.2. The van der Waals surface area contributed by atoms with Crippen LogP contribution in [0.15, 0.2) is 96.5 Å². The van der Waals surface area contributed by atoms with Gasteiger partial charge in [0.1, 0.15) is 15.5 Å². The normalized spacial score (nSPS) is 11.9. The van der Waals surface area contributed by atoms with Crippen LogP contribution in [0.5, 0.6) is 5.75 Å². The van der Waals surface area contributed by atoms with Crippen molar-refractivity contribution >= 4 is 52.7 Å². The van der Waals surface area contributed by atoms with E-state index in [1.165, 1.54) is 60.8 Å². The Kier molecular flexibility index (Phi) is 5.75. The van der Waals surface area contributed by atoms with Crippen molar-refractivity contribution in [2.24, 2.45) is 0 Å². The van der Waals surface area contributed by atoms with Gasteiger partial charge in [0.15, 0.2) is 11.3 Å². The molecule has 12 heteroatoms. The van der Waals surface area contributed by atoms with Crippen LogP contribution in [0.3, 0.4) is 0 Å². The summed E-state index contributed by atoms with van der Waals surface area (Å²) in [4.78, 5) is 16.0. The number of anilines is 1. The number of sulfonamides is 1. The van der Waals surface area contributed by atoms with E-state index in [1.54, 1.807) is 6.07 Å². The minimum absolute atomic E-state index is 0.105. The summed E-state index contributed by atoms with van der Waals surface area (Å²) in [5, 5.41) is 0.246. The molecule has 0 radical (unpaired) electrons. The maximum atomic E-state index is 12.6. The molecule has 0 atom stereocenters. The molecular weight excluding hydrogens is 524 g/mol. The number of para-hydroxylation sites is 1. The van der Waals surface area contributed by atoms with Crippen LogP contribution in [-0.4, -0.2) is 21.8 Å². The number of rotatable bonds is 6. The van der Waals surface area contributed by atoms with Gasteiger partial charge in [-0.2, -0.15) is 8.42 Å². The molecule has 0 bridgehead atoms. The van der Waals surface area contributed by atoms with Crippen molar-refractivity contribution in [3.63, 3.8) is 0 Å². The minimum Gasteiger partial charge on any atom is -0.417 e. The lowest BCUT2D eigenvalue weighted by molar-refractivity contribution is 0.475. The third-order valence-corrected chi connectivity index (χ3v) is 7.27. The molecule has 0 aliphatic heterocycles. The van der Waals surface area contributed by atoms with Crippen molar-refractivity contribution in [3.05, 3.63) is 88.0 Å². The molecule has 0 saturated heterocycles. The lowest BCUT2D eigenvalue weighted by Gasteiger charge is -2.10. The first-order valence-corrected chi connectivity index (χ1v) is 12.5. The zero-order chi connectivity index (χ0) is 22.9. The van der Waals surface area contributed by atoms with Crippen LogP contribution in [0, 0.1) is 0 Å². The van der Waals surface area contributed by atoms with Crippen LogP contribution < -0.4 is 14.5 Å². The largest absolute Gasteiger partial charge is 0.417 e. The standard InChI is InChI=1S/C20H13BrN2O7S2/c21-14-5-2-6-15(11-14)32(27,28)30-18-8-1-4-13-10-17(20(24)29-19(13)18)23-31(25,26)16-7-3-9-22-12-16/h1-12,23H. The summed E-state index contributed by atoms with van der Waals surface area (Å²) in [6.45, 7) is 0. The molecule has 0 aliphatic rings. The SMILES string of the molecule is O=c1oc2c(OS(=O)(=O)c3cccc(Br)c3)cccc2cc1NS(=O)(=O)c1cccnc1. The van der Waals surface area contributed by atoms with Crippen molar-refractivity contribution in [3.8, 4) is 5.75 Å². The Balaban J connectivity index is 1.72. The fraction of sp³-hybridized carbons (Fsp3) is 0. The zero-order valence-electron chi connectivity index (χ0n) is 15.9. The molecule has 164 valence electrons. The van der Waals surface area contributed by atoms with Gasteiger partial charge >= 0.3 is 15.7 Å². The van der Waals surface area contributed by atoms with Gasteiger partial charge in [-0.05, 0) is 42.5 Å². The number of aromatic nitrogens is 1. The van der Waals surface area contributed by atoms with Gasteiger partial charge in [-0.3, -0.25) is 9.71 Å². The van der Waals surface area contributed by atoms with Crippen LogP contribution in [-0.2, 0) is 20.1 Å². The molecule has 2 aromatic heterocycles. The number of fused-ring (bicyclic) bond motifs is 1. The number of benzene rings is 2. The third-order valence-electron chi connectivity index (χ3n) is 4.20. The van der Waals surface area contributed by atoms with Crippen LogP contribution in [0.1, 0.15) is 0 Å². The first kappa shape index (κ1) is 22.0. The van der Waals surface area contributed by atoms with Crippen molar-refractivity contribution in [1.29, 1.82) is 0 Å². The number of nitrogens with one attached hydrogen (secondary N) is 1. The molecule has 0 unspecified atom stereocenters. The predicted molar refractivity (Wildman–Crippen MR) is 119 cm³/mol. The van der Waals surface area contributed by atoms with Crippen LogP contribution in [0.2, 0.25) is 0 Å². The topological polar surface area (TPSA) is 133 Å². The van der Waals surface area contributed by atoms with Crippen molar-refractivity contribution < 1.29 is 25.4 Å². The molecule has 1 N–H and O–H groups in total. The van der Waals surface area contributed by atoms with E-state index in [1.807, 2.05) is 0 Å². The average molecular weight is 537 g/mol. The van der Waals surface area contributed by atoms with E-state index < -0.39 is 25.8 Å². The highest BCUT2D eigenvalue weighted by atomic mass is 79.9. The maximum absolute atomic E-state index is 12.6. The quantitative estimate of drug-likeness (QED) is 0.292. The molecule has 4 rings (SSSR count). The van der Waals surface area contributed by atoms with Crippen molar-refractivity contribution in [2.45, 2.75) is 9.79 Å². The Bertz CT molecular complexity index is 1590. The smallest absolute Gasteiger partial charge is 0.360 e. The van der Waals surface area contributed by atoms with Gasteiger partial charge in [0.2, 0.25) is 0 Å². The summed E-state index contributed by atoms with van der Waals surface area (Å²) >= 11 is 3.20. The van der Waals surface area contributed by atoms with Crippen LogP contribution >= 0.6 is 15.9 Å². The summed E-state index contributed by atoms with van der Waals surface area (Å²) in [7, 11) is -8.31. The number of nitrogens with zero attached hydrogens (tertiary/aromatic N) is 1. The number of hydrogen-bond donors (Lipinski definition) is 1. The van der Waals surface area contributed by atoms with E-state index >= 15 is 0 Å². The highest BCUT2D eigenvalue weighted by Crippen LogP contribution is 2.29. The van der Waals surface area contributed by atoms with Crippen molar-refractivity contribution in [1.82, 2.24) is 4.98 Å². The predicted octanol–water partition coefficient (Wildman–Crippen LogP) is 3.52. The second kappa shape index (κ2) is 8.37. The highest BCUT2D eigenvalue weighted by Gasteiger charge is 2.21. The molecule has 32 heavy (non-hydrogen) atoms. The van der Waals surface area contributed by atoms with Gasteiger partial charge < -0.3 is 8.60 Å². The minimum atomic E-state index is -4.23. The number of halogens is 1. The van der Waals surface area contributed by atoms with Crippen molar-refractivity contribution in [2.75, 3.05) is 4.72 Å². The summed E-state index contributed by atoms with van der Waals surface area (Å²) in [6, 6.07) is 14.2. The summed E-state index contributed by atoms with van der Waals surface area (Å²) < 4.78 is 63.3. The van der Waals surface area contributed by atoms with Gasteiger partial charge in [-0.15, -0.1) is 0 Å². The van der Waals surface area contributed by atoms with Gasteiger partial charge in [0.25, 0.3) is 10.0 Å². The molecule has 4 aromatic rings. The average Bonchev–Trinajstić information content (AvgIpc) is 2.75. The van der Waals surface area contributed by atoms with E-state index in [9.17, 15) is 21.6 Å². The van der Waals surface area contributed by atoms with Crippen LogP contribution in [0.25, 0.3) is 11.0 Å². The molecule has 9 nitrogen and oxygen atoms in total. The molecular formula is C20H13BrN2O7S2. The molecule has 2 heterocycles. The van der Waals surface area contributed by atoms with E-state index in [0.29, 0.717) is 4.47 Å². The fourth-order valence-electron chi connectivity index (χ4n) is 2.75. The summed E-state index contributed by atoms with van der Waals surface area (Å²) in [5.74, 6) is -0.221. The van der Waals surface area contributed by atoms with Gasteiger partial charge in [0.05, 0.1) is 0 Å². The van der Waals surface area contributed by atoms with E-state index in [0.717, 1.165) is 6.20 Å². The highest BCUT2D eigenvalue weighted by molar-refractivity contribution is 9.10. The number of hydrogen-bond acceptors (Lipinski definition) is 8. The second-order valence-corrected chi connectivity index (χ2v) is 10.6. The van der Waals surface area contributed by atoms with Gasteiger partial charge in [-0.25, -0.2) is 13.2 Å². The second-order valence-electron chi connectivity index (χ2n) is 6.41. The molecule has 0 aliphatic carbocycles. The van der Waals surface area contributed by atoms with E-state index in [2.05, 4.69) is 25.6 Å². The Labute approximate surface area is 191 Å². The lowest BCUT2D eigenvalue weighted by atomic mass is 10.2. The molecule has 0 fully saturated rings. The zero-order valence-corrected chi connectivity index (χ0v) is 19.1. The lowest BCUT2D eigenvalue weighted by Crippen LogP contribution is -2.18. The molecule has 2 aromatic carbocycles. The molecule has 0 saturated carbocycles. The van der Waals surface area contributed by atoms with Gasteiger partial charge in [0, 0.05) is 22.3 Å². The van der Waals surface area contributed by atoms with Crippen LogP contribution in [0.4, 0.5) is 5.69 Å². The maximum Gasteiger partial charge on any atom is 0.360 e. The van der Waals surface area contributed by atoms with E-state index in [4.69, 9.17) is 8.60 Å². The monoisotopic (exact) mass is 536 g/mol. The third kappa shape index (κ3) is 4.52. The Morgan fingerprint density at radius 2 is 1.69 bits per heavy atom. The summed E-state index contributed by atoms with van der Waals surface area (Å²) in [5.41, 5.74) is -1.53.